The molecule has 1 saturated carbocycles. The summed E-state index contributed by atoms with van der Waals surface area (Å²) in [6.07, 6.45) is 5.85. The van der Waals surface area contributed by atoms with E-state index in [1.54, 1.807) is 0 Å². The Bertz CT molecular complexity index is 482. The van der Waals surface area contributed by atoms with Crippen LogP contribution in [0.2, 0.25) is 0 Å². The van der Waals surface area contributed by atoms with Gasteiger partial charge in [-0.2, -0.15) is 0 Å². The molecule has 0 aromatic rings. The third-order valence-electron chi connectivity index (χ3n) is 4.51. The van der Waals surface area contributed by atoms with Gasteiger partial charge in [0.1, 0.15) is 0 Å². The predicted octanol–water partition coefficient (Wildman–Crippen LogP) is 5.31. The maximum Gasteiger partial charge on any atom is 0.334 e. The molecular formula is C22H38O4. The molecule has 4 heteroatoms. The van der Waals surface area contributed by atoms with Gasteiger partial charge >= 0.3 is 11.9 Å². The maximum absolute atomic E-state index is 12.9. The van der Waals surface area contributed by atoms with Crippen LogP contribution in [0, 0.1) is 23.7 Å². The number of ether oxygens (including phenoxy) is 2. The molecule has 0 heterocycles. The highest BCUT2D eigenvalue weighted by Crippen LogP contribution is 2.34. The Morgan fingerprint density at radius 3 is 1.73 bits per heavy atom. The zero-order chi connectivity index (χ0) is 19.7. The average Bonchev–Trinajstić information content (AvgIpc) is 2.57. The largest absolute Gasteiger partial charge is 0.462 e. The van der Waals surface area contributed by atoms with E-state index in [2.05, 4.69) is 13.8 Å². The molecule has 0 atom stereocenters. The third-order valence-corrected chi connectivity index (χ3v) is 4.51. The lowest BCUT2D eigenvalue weighted by Crippen LogP contribution is -2.26. The Balaban J connectivity index is 3.19. The van der Waals surface area contributed by atoms with E-state index in [1.165, 1.54) is 6.42 Å². The van der Waals surface area contributed by atoms with Crippen LogP contribution in [0.5, 0.6) is 0 Å². The molecular weight excluding hydrogens is 328 g/mol. The van der Waals surface area contributed by atoms with E-state index < -0.39 is 0 Å². The number of hydrogen-bond donors (Lipinski definition) is 0. The molecule has 4 nitrogen and oxygen atoms in total. The van der Waals surface area contributed by atoms with Crippen molar-refractivity contribution in [2.45, 2.75) is 80.1 Å². The van der Waals surface area contributed by atoms with Gasteiger partial charge in [0.05, 0.1) is 18.8 Å². The minimum atomic E-state index is -0.338. The van der Waals surface area contributed by atoms with Gasteiger partial charge in [0.2, 0.25) is 0 Å². The molecule has 150 valence electrons. The second-order valence-corrected chi connectivity index (χ2v) is 8.81. The van der Waals surface area contributed by atoms with Crippen LogP contribution in [-0.2, 0) is 19.1 Å². The van der Waals surface area contributed by atoms with Crippen molar-refractivity contribution in [3.05, 3.63) is 11.1 Å². The van der Waals surface area contributed by atoms with Gasteiger partial charge in [-0.3, -0.25) is 0 Å². The van der Waals surface area contributed by atoms with Gasteiger partial charge in [-0.25, -0.2) is 9.59 Å². The number of carbonyl (C=O) groups is 2. The van der Waals surface area contributed by atoms with E-state index in [4.69, 9.17) is 9.47 Å². The fourth-order valence-electron chi connectivity index (χ4n) is 3.29. The van der Waals surface area contributed by atoms with E-state index in [0.717, 1.165) is 25.7 Å². The molecule has 0 aliphatic heterocycles. The van der Waals surface area contributed by atoms with Crippen LogP contribution in [0.3, 0.4) is 0 Å². The minimum absolute atomic E-state index is 0.115. The van der Waals surface area contributed by atoms with Crippen molar-refractivity contribution in [2.24, 2.45) is 23.7 Å². The molecule has 0 aromatic carbocycles. The molecule has 0 aromatic heterocycles. The summed E-state index contributed by atoms with van der Waals surface area (Å²) in [6, 6.07) is 0. The molecule has 1 rings (SSSR count). The van der Waals surface area contributed by atoms with Gasteiger partial charge in [0.15, 0.2) is 0 Å². The number of hydrogen-bond acceptors (Lipinski definition) is 4. The molecule has 0 radical (unpaired) electrons. The van der Waals surface area contributed by atoms with E-state index in [9.17, 15) is 9.59 Å². The van der Waals surface area contributed by atoms with E-state index in [0.29, 0.717) is 30.8 Å². The van der Waals surface area contributed by atoms with Crippen LogP contribution in [-0.4, -0.2) is 25.2 Å². The quantitative estimate of drug-likeness (QED) is 0.410. The minimum Gasteiger partial charge on any atom is -0.462 e. The van der Waals surface area contributed by atoms with Crippen LogP contribution < -0.4 is 0 Å². The molecule has 0 saturated heterocycles. The van der Waals surface area contributed by atoms with Crippen LogP contribution in [0.4, 0.5) is 0 Å². The predicted molar refractivity (Wildman–Crippen MR) is 105 cm³/mol. The number of carbonyl (C=O) groups excluding carboxylic acids is 2. The van der Waals surface area contributed by atoms with Crippen molar-refractivity contribution in [3.63, 3.8) is 0 Å². The molecule has 1 fully saturated rings. The van der Waals surface area contributed by atoms with Crippen molar-refractivity contribution >= 4 is 11.9 Å². The normalized spacial score (nSPS) is 16.8. The Hall–Kier alpha value is -1.32. The zero-order valence-corrected chi connectivity index (χ0v) is 17.6. The summed E-state index contributed by atoms with van der Waals surface area (Å²) in [5, 5.41) is 0. The van der Waals surface area contributed by atoms with E-state index >= 15 is 0 Å². The molecule has 26 heavy (non-hydrogen) atoms. The van der Waals surface area contributed by atoms with Crippen molar-refractivity contribution in [2.75, 3.05) is 13.2 Å². The summed E-state index contributed by atoms with van der Waals surface area (Å²) in [4.78, 5) is 25.7. The summed E-state index contributed by atoms with van der Waals surface area (Å²) in [5.74, 6) is 0.271. The molecule has 0 amide bonds. The average molecular weight is 367 g/mol. The lowest BCUT2D eigenvalue weighted by molar-refractivity contribution is -0.144. The zero-order valence-electron chi connectivity index (χ0n) is 17.6. The lowest BCUT2D eigenvalue weighted by Gasteiger charge is -2.26. The van der Waals surface area contributed by atoms with Crippen LogP contribution in [0.25, 0.3) is 0 Å². The third kappa shape index (κ3) is 7.92. The van der Waals surface area contributed by atoms with Crippen LogP contribution in [0.1, 0.15) is 80.1 Å². The Labute approximate surface area is 159 Å². The SMILES string of the molecule is CC(C)COC(=O)/C(CC(C)C)=C(\C(=O)OCC(C)C)C1CCCCC1. The Morgan fingerprint density at radius 1 is 0.769 bits per heavy atom. The highest BCUT2D eigenvalue weighted by atomic mass is 16.5. The molecule has 0 unspecified atom stereocenters. The Morgan fingerprint density at radius 2 is 1.27 bits per heavy atom. The lowest BCUT2D eigenvalue weighted by atomic mass is 9.80. The first kappa shape index (κ1) is 22.7. The standard InChI is InChI=1S/C22H38O4/c1-15(2)12-19(21(23)25-13-16(3)4)20(18-10-8-7-9-11-18)22(24)26-14-17(5)6/h15-18H,7-14H2,1-6H3/b20-19-. The molecule has 0 N–H and O–H groups in total. The fraction of sp³-hybridized carbons (Fsp3) is 0.818. The smallest absolute Gasteiger partial charge is 0.334 e. The summed E-state index contributed by atoms with van der Waals surface area (Å²) in [5.41, 5.74) is 1.13. The maximum atomic E-state index is 12.9. The summed E-state index contributed by atoms with van der Waals surface area (Å²) >= 11 is 0. The van der Waals surface area contributed by atoms with Gasteiger partial charge in [-0.15, -0.1) is 0 Å². The highest BCUT2D eigenvalue weighted by Gasteiger charge is 2.31. The van der Waals surface area contributed by atoms with Gasteiger partial charge in [0.25, 0.3) is 0 Å². The van der Waals surface area contributed by atoms with Crippen molar-refractivity contribution in [1.82, 2.24) is 0 Å². The fourth-order valence-corrected chi connectivity index (χ4v) is 3.29. The monoisotopic (exact) mass is 366 g/mol. The van der Waals surface area contributed by atoms with Gasteiger partial charge in [-0.1, -0.05) is 60.8 Å². The summed E-state index contributed by atoms with van der Waals surface area (Å²) in [6.45, 7) is 12.9. The van der Waals surface area contributed by atoms with Gasteiger partial charge in [-0.05, 0) is 42.9 Å². The first-order chi connectivity index (χ1) is 12.2. The summed E-state index contributed by atoms with van der Waals surface area (Å²) in [7, 11) is 0. The molecule has 1 aliphatic rings. The Kier molecular flexibility index (Phi) is 9.97. The van der Waals surface area contributed by atoms with Crippen molar-refractivity contribution in [3.8, 4) is 0 Å². The van der Waals surface area contributed by atoms with Gasteiger partial charge < -0.3 is 9.47 Å². The van der Waals surface area contributed by atoms with E-state index in [1.807, 2.05) is 27.7 Å². The number of esters is 2. The first-order valence-electron chi connectivity index (χ1n) is 10.3. The molecule has 0 bridgehead atoms. The number of rotatable bonds is 9. The van der Waals surface area contributed by atoms with Crippen LogP contribution in [0.15, 0.2) is 11.1 Å². The topological polar surface area (TPSA) is 52.6 Å². The van der Waals surface area contributed by atoms with Crippen molar-refractivity contribution in [1.29, 1.82) is 0 Å². The van der Waals surface area contributed by atoms with Crippen LogP contribution >= 0.6 is 0 Å². The molecule has 0 spiro atoms. The second kappa shape index (κ2) is 11.4. The summed E-state index contributed by atoms with van der Waals surface area (Å²) < 4.78 is 11.1. The van der Waals surface area contributed by atoms with Gasteiger partial charge in [0, 0.05) is 5.57 Å². The highest BCUT2D eigenvalue weighted by molar-refractivity contribution is 6.00. The van der Waals surface area contributed by atoms with E-state index in [-0.39, 0.29) is 35.6 Å². The second-order valence-electron chi connectivity index (χ2n) is 8.81. The molecule has 1 aliphatic carbocycles. The first-order valence-corrected chi connectivity index (χ1v) is 10.3. The van der Waals surface area contributed by atoms with Crippen molar-refractivity contribution < 1.29 is 19.1 Å².